The number of carbonyl (C=O) groups is 1. The summed E-state index contributed by atoms with van der Waals surface area (Å²) in [6.45, 7) is 5.74. The zero-order valence-electron chi connectivity index (χ0n) is 16.3. The predicted molar refractivity (Wildman–Crippen MR) is 105 cm³/mol. The van der Waals surface area contributed by atoms with Crippen LogP contribution in [0.2, 0.25) is 0 Å². The molecule has 4 rings (SSSR count). The summed E-state index contributed by atoms with van der Waals surface area (Å²) < 4.78 is 14.0. The number of hydrogen-bond acceptors (Lipinski definition) is 4. The van der Waals surface area contributed by atoms with Gasteiger partial charge in [0.2, 0.25) is 5.91 Å². The fraction of sp³-hybridized carbons (Fsp3) is 0.667. The number of halogens is 1. The first-order chi connectivity index (χ1) is 12.9. The van der Waals surface area contributed by atoms with E-state index in [0.717, 1.165) is 56.7 Å². The predicted octanol–water partition coefficient (Wildman–Crippen LogP) is 2.13. The van der Waals surface area contributed by atoms with Gasteiger partial charge >= 0.3 is 0 Å². The second kappa shape index (κ2) is 7.40. The van der Waals surface area contributed by atoms with Crippen LogP contribution in [0.4, 0.5) is 10.1 Å². The zero-order valence-corrected chi connectivity index (χ0v) is 16.3. The van der Waals surface area contributed by atoms with Crippen molar-refractivity contribution in [1.82, 2.24) is 10.2 Å². The molecule has 1 aromatic rings. The molecule has 5 unspecified atom stereocenters. The number of nitrogens with one attached hydrogen (secondary N) is 1. The molecule has 1 saturated heterocycles. The van der Waals surface area contributed by atoms with Crippen molar-refractivity contribution in [2.45, 2.75) is 38.3 Å². The molecule has 27 heavy (non-hydrogen) atoms. The van der Waals surface area contributed by atoms with Crippen LogP contribution in [-0.4, -0.2) is 50.1 Å². The first-order valence-electron chi connectivity index (χ1n) is 10.2. The molecule has 0 spiro atoms. The summed E-state index contributed by atoms with van der Waals surface area (Å²) in [6, 6.07) is 4.66. The number of amides is 1. The fourth-order valence-corrected chi connectivity index (χ4v) is 5.32. The molecule has 3 fully saturated rings. The van der Waals surface area contributed by atoms with Crippen molar-refractivity contribution in [2.24, 2.45) is 23.5 Å². The van der Waals surface area contributed by atoms with Gasteiger partial charge < -0.3 is 20.9 Å². The highest BCUT2D eigenvalue weighted by Gasteiger charge is 2.49. The van der Waals surface area contributed by atoms with Crippen LogP contribution >= 0.6 is 0 Å². The van der Waals surface area contributed by atoms with Crippen LogP contribution in [0.15, 0.2) is 18.2 Å². The SMILES string of the molecule is CC(NC(=O)C1C2CCC(C2)C1N)c1cc(F)ccc1N1CCN(C)CC1. The number of nitrogens with two attached hydrogens (primary N) is 1. The van der Waals surface area contributed by atoms with Crippen molar-refractivity contribution >= 4 is 11.6 Å². The Balaban J connectivity index is 1.50. The van der Waals surface area contributed by atoms with Gasteiger partial charge in [-0.3, -0.25) is 4.79 Å². The average Bonchev–Trinajstić information content (AvgIpc) is 3.23. The maximum atomic E-state index is 14.0. The summed E-state index contributed by atoms with van der Waals surface area (Å²) in [5.74, 6) is 0.598. The summed E-state index contributed by atoms with van der Waals surface area (Å²) in [7, 11) is 2.12. The van der Waals surface area contributed by atoms with Crippen LogP contribution in [0.3, 0.4) is 0 Å². The minimum Gasteiger partial charge on any atom is -0.369 e. The minimum atomic E-state index is -0.263. The van der Waals surface area contributed by atoms with E-state index in [-0.39, 0.29) is 29.7 Å². The summed E-state index contributed by atoms with van der Waals surface area (Å²) >= 11 is 0. The van der Waals surface area contributed by atoms with Crippen molar-refractivity contribution in [3.8, 4) is 0 Å². The lowest BCUT2D eigenvalue weighted by atomic mass is 9.84. The number of piperazine rings is 1. The number of nitrogens with zero attached hydrogens (tertiary/aromatic N) is 2. The Labute approximate surface area is 161 Å². The van der Waals surface area contributed by atoms with Gasteiger partial charge in [-0.25, -0.2) is 4.39 Å². The molecule has 1 aromatic carbocycles. The van der Waals surface area contributed by atoms with E-state index in [2.05, 4.69) is 22.2 Å². The van der Waals surface area contributed by atoms with Gasteiger partial charge in [0.15, 0.2) is 0 Å². The third kappa shape index (κ3) is 3.57. The van der Waals surface area contributed by atoms with Crippen molar-refractivity contribution in [3.63, 3.8) is 0 Å². The number of benzene rings is 1. The molecule has 2 saturated carbocycles. The molecule has 0 radical (unpaired) electrons. The van der Waals surface area contributed by atoms with E-state index in [9.17, 15) is 9.18 Å². The third-order valence-corrected chi connectivity index (χ3v) is 6.94. The van der Waals surface area contributed by atoms with Crippen molar-refractivity contribution in [2.75, 3.05) is 38.1 Å². The lowest BCUT2D eigenvalue weighted by molar-refractivity contribution is -0.127. The topological polar surface area (TPSA) is 61.6 Å². The Morgan fingerprint density at radius 3 is 2.59 bits per heavy atom. The molecular formula is C21H31FN4O. The molecule has 3 aliphatic rings. The van der Waals surface area contributed by atoms with Gasteiger partial charge in [-0.1, -0.05) is 0 Å². The van der Waals surface area contributed by atoms with Gasteiger partial charge in [0.1, 0.15) is 5.82 Å². The molecule has 3 N–H and O–H groups in total. The quantitative estimate of drug-likeness (QED) is 0.848. The molecule has 148 valence electrons. The van der Waals surface area contributed by atoms with Crippen LogP contribution in [0.5, 0.6) is 0 Å². The van der Waals surface area contributed by atoms with Gasteiger partial charge in [-0.05, 0) is 63.3 Å². The number of anilines is 1. The van der Waals surface area contributed by atoms with Crippen molar-refractivity contribution in [3.05, 3.63) is 29.6 Å². The standard InChI is InChI=1S/C21H31FN4O/c1-13(24-21(27)19-14-3-4-15(11-14)20(19)23)17-12-16(22)5-6-18(17)26-9-7-25(2)8-10-26/h5-6,12-15,19-20H,3-4,7-11,23H2,1-2H3,(H,24,27). The molecule has 5 atom stereocenters. The highest BCUT2D eigenvalue weighted by Crippen LogP contribution is 2.47. The molecule has 0 aromatic heterocycles. The maximum Gasteiger partial charge on any atom is 0.225 e. The molecule has 2 aliphatic carbocycles. The van der Waals surface area contributed by atoms with Gasteiger partial charge in [0, 0.05) is 43.5 Å². The largest absolute Gasteiger partial charge is 0.369 e. The van der Waals surface area contributed by atoms with E-state index < -0.39 is 0 Å². The summed E-state index contributed by atoms with van der Waals surface area (Å²) in [4.78, 5) is 17.5. The van der Waals surface area contributed by atoms with Gasteiger partial charge in [-0.2, -0.15) is 0 Å². The van der Waals surface area contributed by atoms with E-state index in [0.29, 0.717) is 11.8 Å². The van der Waals surface area contributed by atoms with Crippen LogP contribution in [0, 0.1) is 23.6 Å². The highest BCUT2D eigenvalue weighted by atomic mass is 19.1. The number of hydrogen-bond donors (Lipinski definition) is 2. The third-order valence-electron chi connectivity index (χ3n) is 6.94. The second-order valence-electron chi connectivity index (χ2n) is 8.66. The van der Waals surface area contributed by atoms with E-state index in [1.807, 2.05) is 13.0 Å². The van der Waals surface area contributed by atoms with E-state index in [1.54, 1.807) is 6.07 Å². The fourth-order valence-electron chi connectivity index (χ4n) is 5.32. The van der Waals surface area contributed by atoms with Crippen LogP contribution in [0.1, 0.15) is 37.8 Å². The average molecular weight is 375 g/mol. The Kier molecular flexibility index (Phi) is 5.12. The number of carbonyl (C=O) groups excluding carboxylic acids is 1. The number of fused-ring (bicyclic) bond motifs is 2. The first-order valence-corrected chi connectivity index (χ1v) is 10.2. The second-order valence-corrected chi connectivity index (χ2v) is 8.66. The highest BCUT2D eigenvalue weighted by molar-refractivity contribution is 5.81. The Bertz CT molecular complexity index is 701. The lowest BCUT2D eigenvalue weighted by Gasteiger charge is -2.36. The maximum absolute atomic E-state index is 14.0. The summed E-state index contributed by atoms with van der Waals surface area (Å²) in [5, 5.41) is 3.15. The summed E-state index contributed by atoms with van der Waals surface area (Å²) in [5.41, 5.74) is 8.20. The Morgan fingerprint density at radius 1 is 1.22 bits per heavy atom. The lowest BCUT2D eigenvalue weighted by Crippen LogP contribution is -2.46. The first kappa shape index (κ1) is 18.7. The molecular weight excluding hydrogens is 343 g/mol. The molecule has 1 aliphatic heterocycles. The Morgan fingerprint density at radius 2 is 1.93 bits per heavy atom. The molecule has 1 heterocycles. The smallest absolute Gasteiger partial charge is 0.225 e. The monoisotopic (exact) mass is 374 g/mol. The van der Waals surface area contributed by atoms with Crippen molar-refractivity contribution in [1.29, 1.82) is 0 Å². The van der Waals surface area contributed by atoms with Gasteiger partial charge in [0.25, 0.3) is 0 Å². The zero-order chi connectivity index (χ0) is 19.1. The van der Waals surface area contributed by atoms with Crippen LogP contribution < -0.4 is 16.0 Å². The molecule has 6 heteroatoms. The summed E-state index contributed by atoms with van der Waals surface area (Å²) in [6.07, 6.45) is 3.35. The Hall–Kier alpha value is -1.66. The molecule has 2 bridgehead atoms. The number of rotatable bonds is 4. The van der Waals surface area contributed by atoms with Crippen LogP contribution in [0.25, 0.3) is 0 Å². The van der Waals surface area contributed by atoms with Gasteiger partial charge in [-0.15, -0.1) is 0 Å². The molecule has 1 amide bonds. The van der Waals surface area contributed by atoms with Crippen molar-refractivity contribution < 1.29 is 9.18 Å². The van der Waals surface area contributed by atoms with Gasteiger partial charge in [0.05, 0.1) is 12.0 Å². The van der Waals surface area contributed by atoms with E-state index >= 15 is 0 Å². The van der Waals surface area contributed by atoms with Crippen LogP contribution in [-0.2, 0) is 4.79 Å². The van der Waals surface area contributed by atoms with E-state index in [4.69, 9.17) is 5.73 Å². The van der Waals surface area contributed by atoms with E-state index in [1.165, 1.54) is 6.07 Å². The molecule has 5 nitrogen and oxygen atoms in total. The normalized spacial score (nSPS) is 31.9. The number of likely N-dealkylation sites (N-methyl/N-ethyl adjacent to an activating group) is 1. The minimum absolute atomic E-state index is 0.0273.